The first-order valence-corrected chi connectivity index (χ1v) is 4.16. The Morgan fingerprint density at radius 3 is 2.86 bits per heavy atom. The Morgan fingerprint density at radius 1 is 1.64 bits per heavy atom. The molecule has 1 heterocycles. The third-order valence-electron chi connectivity index (χ3n) is 1.71. The van der Waals surface area contributed by atoms with Crippen molar-refractivity contribution < 1.29 is 4.79 Å². The van der Waals surface area contributed by atoms with Gasteiger partial charge in [-0.25, -0.2) is 5.10 Å². The zero-order valence-electron chi connectivity index (χ0n) is 7.86. The van der Waals surface area contributed by atoms with E-state index in [2.05, 4.69) is 10.2 Å². The topological polar surface area (TPSA) is 92.1 Å². The number of amides is 1. The zero-order valence-corrected chi connectivity index (χ0v) is 7.86. The van der Waals surface area contributed by atoms with Crippen LogP contribution in [0.25, 0.3) is 0 Å². The van der Waals surface area contributed by atoms with Crippen molar-refractivity contribution in [3.05, 3.63) is 28.2 Å². The van der Waals surface area contributed by atoms with Crippen LogP contribution in [0, 0.1) is 0 Å². The molecule has 0 spiro atoms. The Labute approximate surface area is 80.7 Å². The standard InChI is InChI=1S/C8H12N4O2/c1-12(5-4-9)8(14)6-2-3-7(13)11-10-6/h2-3H,4-5,9H2,1H3,(H,11,13). The number of rotatable bonds is 3. The van der Waals surface area contributed by atoms with E-state index >= 15 is 0 Å². The summed E-state index contributed by atoms with van der Waals surface area (Å²) in [5.41, 5.74) is 5.18. The predicted octanol–water partition coefficient (Wildman–Crippen LogP) is -1.20. The van der Waals surface area contributed by atoms with Crippen LogP contribution >= 0.6 is 0 Å². The second-order valence-corrected chi connectivity index (χ2v) is 2.82. The Bertz CT molecular complexity index is 353. The van der Waals surface area contributed by atoms with Crippen molar-refractivity contribution in [3.63, 3.8) is 0 Å². The highest BCUT2D eigenvalue weighted by Crippen LogP contribution is 1.95. The largest absolute Gasteiger partial charge is 0.339 e. The first-order chi connectivity index (χ1) is 6.65. The number of carbonyl (C=O) groups excluding carboxylic acids is 1. The van der Waals surface area contributed by atoms with Gasteiger partial charge in [-0.15, -0.1) is 0 Å². The lowest BCUT2D eigenvalue weighted by molar-refractivity contribution is 0.0792. The molecular weight excluding hydrogens is 184 g/mol. The Morgan fingerprint density at radius 2 is 2.36 bits per heavy atom. The second kappa shape index (κ2) is 4.52. The maximum atomic E-state index is 11.5. The SMILES string of the molecule is CN(CCN)C(=O)c1ccc(=O)[nH]n1. The van der Waals surface area contributed by atoms with Crippen molar-refractivity contribution in [3.8, 4) is 0 Å². The summed E-state index contributed by atoms with van der Waals surface area (Å²) in [6.07, 6.45) is 0. The van der Waals surface area contributed by atoms with Gasteiger partial charge in [0.25, 0.3) is 11.5 Å². The maximum absolute atomic E-state index is 11.5. The first-order valence-electron chi connectivity index (χ1n) is 4.16. The maximum Gasteiger partial charge on any atom is 0.274 e. The van der Waals surface area contributed by atoms with Gasteiger partial charge in [0.15, 0.2) is 0 Å². The van der Waals surface area contributed by atoms with E-state index in [1.54, 1.807) is 7.05 Å². The normalized spacial score (nSPS) is 9.86. The van der Waals surface area contributed by atoms with Crippen LogP contribution in [0.3, 0.4) is 0 Å². The van der Waals surface area contributed by atoms with Crippen LogP contribution in [-0.4, -0.2) is 41.1 Å². The number of aromatic nitrogens is 2. The highest BCUT2D eigenvalue weighted by atomic mass is 16.2. The molecule has 1 rings (SSSR count). The molecular formula is C8H12N4O2. The Kier molecular flexibility index (Phi) is 3.35. The van der Waals surface area contributed by atoms with Crippen LogP contribution in [0.5, 0.6) is 0 Å². The van der Waals surface area contributed by atoms with Crippen LogP contribution in [0.1, 0.15) is 10.5 Å². The van der Waals surface area contributed by atoms with Crippen molar-refractivity contribution in [2.75, 3.05) is 20.1 Å². The van der Waals surface area contributed by atoms with Crippen LogP contribution in [0.4, 0.5) is 0 Å². The number of carbonyl (C=O) groups is 1. The number of aromatic amines is 1. The molecule has 0 aliphatic heterocycles. The summed E-state index contributed by atoms with van der Waals surface area (Å²) < 4.78 is 0. The first kappa shape index (κ1) is 10.4. The quantitative estimate of drug-likeness (QED) is 0.635. The number of hydrogen-bond acceptors (Lipinski definition) is 4. The lowest BCUT2D eigenvalue weighted by atomic mass is 10.3. The van der Waals surface area contributed by atoms with E-state index < -0.39 is 0 Å². The molecule has 0 saturated carbocycles. The van der Waals surface area contributed by atoms with Crippen molar-refractivity contribution in [2.24, 2.45) is 5.73 Å². The third kappa shape index (κ3) is 2.40. The van der Waals surface area contributed by atoms with E-state index in [1.165, 1.54) is 17.0 Å². The Balaban J connectivity index is 2.79. The monoisotopic (exact) mass is 196 g/mol. The zero-order chi connectivity index (χ0) is 10.6. The summed E-state index contributed by atoms with van der Waals surface area (Å²) in [4.78, 5) is 23.7. The number of nitrogens with zero attached hydrogens (tertiary/aromatic N) is 2. The van der Waals surface area contributed by atoms with Crippen molar-refractivity contribution in [2.45, 2.75) is 0 Å². The number of nitrogens with two attached hydrogens (primary N) is 1. The molecule has 1 aromatic heterocycles. The second-order valence-electron chi connectivity index (χ2n) is 2.82. The molecule has 14 heavy (non-hydrogen) atoms. The van der Waals surface area contributed by atoms with Crippen molar-refractivity contribution >= 4 is 5.91 Å². The molecule has 1 amide bonds. The molecule has 76 valence electrons. The summed E-state index contributed by atoms with van der Waals surface area (Å²) in [6, 6.07) is 2.64. The fraction of sp³-hybridized carbons (Fsp3) is 0.375. The van der Waals surface area contributed by atoms with Gasteiger partial charge in [-0.2, -0.15) is 5.10 Å². The molecule has 0 radical (unpaired) electrons. The minimum absolute atomic E-state index is 0.209. The molecule has 1 aromatic rings. The van der Waals surface area contributed by atoms with Gasteiger partial charge in [-0.1, -0.05) is 0 Å². The van der Waals surface area contributed by atoms with Crippen LogP contribution in [0.15, 0.2) is 16.9 Å². The molecule has 6 nitrogen and oxygen atoms in total. The van der Waals surface area contributed by atoms with E-state index in [-0.39, 0.29) is 17.2 Å². The average Bonchev–Trinajstić information content (AvgIpc) is 2.18. The van der Waals surface area contributed by atoms with Gasteiger partial charge in [-0.3, -0.25) is 9.59 Å². The molecule has 6 heteroatoms. The van der Waals surface area contributed by atoms with Gasteiger partial charge in [0.1, 0.15) is 5.69 Å². The smallest absolute Gasteiger partial charge is 0.274 e. The van der Waals surface area contributed by atoms with Gasteiger partial charge in [0.05, 0.1) is 0 Å². The summed E-state index contributed by atoms with van der Waals surface area (Å²) >= 11 is 0. The molecule has 0 fully saturated rings. The predicted molar refractivity (Wildman–Crippen MR) is 50.9 cm³/mol. The third-order valence-corrected chi connectivity index (χ3v) is 1.71. The van der Waals surface area contributed by atoms with E-state index in [0.717, 1.165) is 0 Å². The van der Waals surface area contributed by atoms with Crippen molar-refractivity contribution in [1.29, 1.82) is 0 Å². The summed E-state index contributed by atoms with van der Waals surface area (Å²) in [5.74, 6) is -0.258. The molecule has 0 unspecified atom stereocenters. The minimum atomic E-state index is -0.331. The summed E-state index contributed by atoms with van der Waals surface area (Å²) in [7, 11) is 1.63. The van der Waals surface area contributed by atoms with Gasteiger partial charge in [-0.05, 0) is 6.07 Å². The lowest BCUT2D eigenvalue weighted by Gasteiger charge is -2.14. The van der Waals surface area contributed by atoms with Gasteiger partial charge < -0.3 is 10.6 Å². The summed E-state index contributed by atoms with van der Waals surface area (Å²) in [5, 5.41) is 5.81. The average molecular weight is 196 g/mol. The van der Waals surface area contributed by atoms with Crippen LogP contribution in [-0.2, 0) is 0 Å². The number of H-pyrrole nitrogens is 1. The highest BCUT2D eigenvalue weighted by molar-refractivity contribution is 5.91. The van der Waals surface area contributed by atoms with E-state index in [4.69, 9.17) is 5.73 Å². The number of nitrogens with one attached hydrogen (secondary N) is 1. The van der Waals surface area contributed by atoms with E-state index in [9.17, 15) is 9.59 Å². The van der Waals surface area contributed by atoms with E-state index in [1.807, 2.05) is 0 Å². The lowest BCUT2D eigenvalue weighted by Crippen LogP contribution is -2.32. The van der Waals surface area contributed by atoms with Crippen LogP contribution < -0.4 is 11.3 Å². The highest BCUT2D eigenvalue weighted by Gasteiger charge is 2.11. The molecule has 3 N–H and O–H groups in total. The molecule has 0 aliphatic carbocycles. The van der Waals surface area contributed by atoms with Crippen molar-refractivity contribution in [1.82, 2.24) is 15.1 Å². The van der Waals surface area contributed by atoms with E-state index in [0.29, 0.717) is 13.1 Å². The fourth-order valence-electron chi connectivity index (χ4n) is 0.954. The molecule has 0 aliphatic rings. The molecule has 0 bridgehead atoms. The van der Waals surface area contributed by atoms with Gasteiger partial charge in [0.2, 0.25) is 0 Å². The van der Waals surface area contributed by atoms with Gasteiger partial charge in [0, 0.05) is 26.2 Å². The van der Waals surface area contributed by atoms with Gasteiger partial charge >= 0.3 is 0 Å². The molecule has 0 aromatic carbocycles. The molecule has 0 atom stereocenters. The number of likely N-dealkylation sites (N-methyl/N-ethyl adjacent to an activating group) is 1. The Hall–Kier alpha value is -1.69. The number of hydrogen-bond donors (Lipinski definition) is 2. The summed E-state index contributed by atoms with van der Waals surface area (Å²) in [6.45, 7) is 0.852. The fourth-order valence-corrected chi connectivity index (χ4v) is 0.954. The minimum Gasteiger partial charge on any atom is -0.339 e. The molecule has 0 saturated heterocycles. The van der Waals surface area contributed by atoms with Crippen LogP contribution in [0.2, 0.25) is 0 Å².